The summed E-state index contributed by atoms with van der Waals surface area (Å²) in [6, 6.07) is 7.80. The molecule has 0 bridgehead atoms. The van der Waals surface area contributed by atoms with Crippen molar-refractivity contribution in [1.29, 1.82) is 0 Å². The quantitative estimate of drug-likeness (QED) is 0.507. The van der Waals surface area contributed by atoms with E-state index in [4.69, 9.17) is 5.84 Å². The number of hydrazine groups is 1. The van der Waals surface area contributed by atoms with Gasteiger partial charge in [0, 0.05) is 6.20 Å². The van der Waals surface area contributed by atoms with Crippen molar-refractivity contribution < 1.29 is 4.79 Å². The van der Waals surface area contributed by atoms with Crippen molar-refractivity contribution in [2.24, 2.45) is 5.84 Å². The molecule has 2 rings (SSSR count). The van der Waals surface area contributed by atoms with Gasteiger partial charge >= 0.3 is 0 Å². The number of carbonyl (C=O) groups is 1. The van der Waals surface area contributed by atoms with Gasteiger partial charge in [0.15, 0.2) is 0 Å². The Morgan fingerprint density at radius 1 is 1.33 bits per heavy atom. The molecule has 0 spiro atoms. The fourth-order valence-corrected chi connectivity index (χ4v) is 1.94. The first-order valence-electron chi connectivity index (χ1n) is 5.42. The third-order valence-electron chi connectivity index (χ3n) is 2.49. The van der Waals surface area contributed by atoms with Crippen LogP contribution in [-0.2, 0) is 17.8 Å². The lowest BCUT2D eigenvalue weighted by atomic mass is 10.1. The fraction of sp³-hybridized carbons (Fsp3) is 0.167. The molecule has 2 aromatic rings. The number of aromatic nitrogens is 2. The number of halogens is 1. The molecule has 1 heterocycles. The third-order valence-corrected chi connectivity index (χ3v) is 2.90. The van der Waals surface area contributed by atoms with Crippen LogP contribution in [-0.4, -0.2) is 15.7 Å². The van der Waals surface area contributed by atoms with E-state index in [1.807, 2.05) is 35.1 Å². The molecule has 0 radical (unpaired) electrons. The number of benzene rings is 1. The molecule has 0 atom stereocenters. The second kappa shape index (κ2) is 5.79. The van der Waals surface area contributed by atoms with Gasteiger partial charge in [-0.3, -0.25) is 14.9 Å². The van der Waals surface area contributed by atoms with Crippen LogP contribution in [0, 0.1) is 0 Å². The van der Waals surface area contributed by atoms with Crippen molar-refractivity contribution in [3.63, 3.8) is 0 Å². The van der Waals surface area contributed by atoms with Crippen LogP contribution < -0.4 is 11.3 Å². The van der Waals surface area contributed by atoms with E-state index in [9.17, 15) is 4.79 Å². The number of nitrogens with one attached hydrogen (secondary N) is 1. The average Bonchev–Trinajstić information content (AvgIpc) is 2.77. The van der Waals surface area contributed by atoms with Crippen LogP contribution in [0.25, 0.3) is 0 Å². The van der Waals surface area contributed by atoms with Gasteiger partial charge < -0.3 is 0 Å². The van der Waals surface area contributed by atoms with Gasteiger partial charge in [0.25, 0.3) is 0 Å². The van der Waals surface area contributed by atoms with Crippen molar-refractivity contribution in [3.8, 4) is 0 Å². The first kappa shape index (κ1) is 12.8. The Morgan fingerprint density at radius 3 is 2.56 bits per heavy atom. The van der Waals surface area contributed by atoms with Crippen molar-refractivity contribution in [3.05, 3.63) is 52.3 Å². The Hall–Kier alpha value is -1.66. The second-order valence-electron chi connectivity index (χ2n) is 3.92. The van der Waals surface area contributed by atoms with Gasteiger partial charge in [-0.25, -0.2) is 5.84 Å². The Balaban J connectivity index is 2.01. The molecule has 0 saturated carbocycles. The molecule has 0 saturated heterocycles. The Labute approximate surface area is 113 Å². The predicted octanol–water partition coefficient (Wildman–Crippen LogP) is 1.23. The first-order chi connectivity index (χ1) is 8.67. The second-order valence-corrected chi connectivity index (χ2v) is 4.83. The van der Waals surface area contributed by atoms with Gasteiger partial charge in [0.1, 0.15) is 0 Å². The number of rotatable bonds is 4. The zero-order chi connectivity index (χ0) is 13.0. The van der Waals surface area contributed by atoms with Crippen LogP contribution in [0.4, 0.5) is 0 Å². The molecule has 0 aliphatic carbocycles. The molecule has 0 aliphatic heterocycles. The SMILES string of the molecule is NNC(=O)Cc1ccc(Cn2cc(Br)cn2)cc1. The van der Waals surface area contributed by atoms with E-state index in [-0.39, 0.29) is 5.91 Å². The van der Waals surface area contributed by atoms with Crippen LogP contribution in [0.1, 0.15) is 11.1 Å². The molecule has 3 N–H and O–H groups in total. The van der Waals surface area contributed by atoms with Gasteiger partial charge in [0.2, 0.25) is 5.91 Å². The summed E-state index contributed by atoms with van der Waals surface area (Å²) in [5, 5.41) is 4.18. The van der Waals surface area contributed by atoms with Gasteiger partial charge in [0.05, 0.1) is 23.6 Å². The molecule has 1 amide bonds. The highest BCUT2D eigenvalue weighted by atomic mass is 79.9. The lowest BCUT2D eigenvalue weighted by Crippen LogP contribution is -2.31. The Bertz CT molecular complexity index is 535. The van der Waals surface area contributed by atoms with Crippen LogP contribution in [0.3, 0.4) is 0 Å². The number of amides is 1. The molecular weight excluding hydrogens is 296 g/mol. The highest BCUT2D eigenvalue weighted by Gasteiger charge is 2.02. The number of carbonyl (C=O) groups excluding carboxylic acids is 1. The van der Waals surface area contributed by atoms with Gasteiger partial charge in [-0.05, 0) is 27.1 Å². The van der Waals surface area contributed by atoms with Crippen LogP contribution in [0.15, 0.2) is 41.1 Å². The number of hydrogen-bond donors (Lipinski definition) is 2. The maximum atomic E-state index is 11.1. The minimum Gasteiger partial charge on any atom is -0.294 e. The van der Waals surface area contributed by atoms with E-state index < -0.39 is 0 Å². The molecule has 1 aromatic heterocycles. The maximum absolute atomic E-state index is 11.1. The van der Waals surface area contributed by atoms with Crippen molar-refractivity contribution in [2.45, 2.75) is 13.0 Å². The highest BCUT2D eigenvalue weighted by molar-refractivity contribution is 9.10. The summed E-state index contributed by atoms with van der Waals surface area (Å²) < 4.78 is 2.80. The summed E-state index contributed by atoms with van der Waals surface area (Å²) in [6.45, 7) is 0.703. The van der Waals surface area contributed by atoms with Crippen LogP contribution in [0.5, 0.6) is 0 Å². The fourth-order valence-electron chi connectivity index (χ4n) is 1.61. The molecule has 1 aromatic carbocycles. The van der Waals surface area contributed by atoms with Crippen molar-refractivity contribution >= 4 is 21.8 Å². The summed E-state index contributed by atoms with van der Waals surface area (Å²) in [5.41, 5.74) is 4.17. The van der Waals surface area contributed by atoms with Crippen LogP contribution >= 0.6 is 15.9 Å². The topological polar surface area (TPSA) is 72.9 Å². The van der Waals surface area contributed by atoms with E-state index >= 15 is 0 Å². The molecule has 0 unspecified atom stereocenters. The average molecular weight is 309 g/mol. The first-order valence-corrected chi connectivity index (χ1v) is 6.22. The van der Waals surface area contributed by atoms with Gasteiger partial charge in [-0.1, -0.05) is 24.3 Å². The summed E-state index contributed by atoms with van der Waals surface area (Å²) >= 11 is 3.35. The standard InChI is InChI=1S/C12H13BrN4O/c13-11-6-15-17(8-11)7-10-3-1-9(2-4-10)5-12(18)16-14/h1-4,6,8H,5,7,14H2,(H,16,18). The Kier molecular flexibility index (Phi) is 4.11. The van der Waals surface area contributed by atoms with E-state index in [1.165, 1.54) is 0 Å². The number of nitrogens with two attached hydrogens (primary N) is 1. The monoisotopic (exact) mass is 308 g/mol. The Morgan fingerprint density at radius 2 is 2.00 bits per heavy atom. The predicted molar refractivity (Wildman–Crippen MR) is 71.5 cm³/mol. The maximum Gasteiger partial charge on any atom is 0.238 e. The van der Waals surface area contributed by atoms with Gasteiger partial charge in [-0.2, -0.15) is 5.10 Å². The molecule has 18 heavy (non-hydrogen) atoms. The normalized spacial score (nSPS) is 10.3. The van der Waals surface area contributed by atoms with E-state index in [1.54, 1.807) is 6.20 Å². The zero-order valence-electron chi connectivity index (χ0n) is 9.64. The lowest BCUT2D eigenvalue weighted by molar-refractivity contribution is -0.120. The highest BCUT2D eigenvalue weighted by Crippen LogP contribution is 2.10. The summed E-state index contributed by atoms with van der Waals surface area (Å²) in [5.74, 6) is 4.84. The largest absolute Gasteiger partial charge is 0.294 e. The summed E-state index contributed by atoms with van der Waals surface area (Å²) in [6.07, 6.45) is 3.96. The third kappa shape index (κ3) is 3.41. The lowest BCUT2D eigenvalue weighted by Gasteiger charge is -2.04. The zero-order valence-corrected chi connectivity index (χ0v) is 11.2. The molecule has 0 aliphatic rings. The van der Waals surface area contributed by atoms with E-state index in [0.29, 0.717) is 13.0 Å². The summed E-state index contributed by atoms with van der Waals surface area (Å²) in [4.78, 5) is 11.1. The van der Waals surface area contributed by atoms with E-state index in [0.717, 1.165) is 15.6 Å². The number of hydrogen-bond acceptors (Lipinski definition) is 3. The molecule has 94 valence electrons. The minimum absolute atomic E-state index is 0.196. The number of nitrogens with zero attached hydrogens (tertiary/aromatic N) is 2. The molecule has 0 fully saturated rings. The van der Waals surface area contributed by atoms with Crippen molar-refractivity contribution in [1.82, 2.24) is 15.2 Å². The van der Waals surface area contributed by atoms with E-state index in [2.05, 4.69) is 26.5 Å². The molecule has 5 nitrogen and oxygen atoms in total. The smallest absolute Gasteiger partial charge is 0.238 e. The minimum atomic E-state index is -0.196. The molecule has 6 heteroatoms. The summed E-state index contributed by atoms with van der Waals surface area (Å²) in [7, 11) is 0. The van der Waals surface area contributed by atoms with Crippen LogP contribution in [0.2, 0.25) is 0 Å². The molecular formula is C12H13BrN4O. The van der Waals surface area contributed by atoms with Gasteiger partial charge in [-0.15, -0.1) is 0 Å². The van der Waals surface area contributed by atoms with Crippen molar-refractivity contribution in [2.75, 3.05) is 0 Å².